The van der Waals surface area contributed by atoms with Gasteiger partial charge in [-0.05, 0) is 30.3 Å². The molecule has 144 valence electrons. The van der Waals surface area contributed by atoms with Gasteiger partial charge in [0.2, 0.25) is 0 Å². The quantitative estimate of drug-likeness (QED) is 0.663. The number of nitriles is 1. The van der Waals surface area contributed by atoms with E-state index < -0.39 is 6.43 Å². The lowest BCUT2D eigenvalue weighted by atomic mass is 10.1. The maximum absolute atomic E-state index is 12.7. The molecule has 2 aromatic heterocycles. The summed E-state index contributed by atoms with van der Waals surface area (Å²) in [6.07, 6.45) is 2.62. The Kier molecular flexibility index (Phi) is 5.11. The molecular weight excluding hydrogens is 362 g/mol. The lowest BCUT2D eigenvalue weighted by molar-refractivity contribution is 0.128. The maximum Gasteiger partial charge on any atom is 0.256 e. The summed E-state index contributed by atoms with van der Waals surface area (Å²) in [5.74, 6) is 1.44. The van der Waals surface area contributed by atoms with Crippen molar-refractivity contribution in [3.63, 3.8) is 0 Å². The Morgan fingerprint density at radius 3 is 2.75 bits per heavy atom. The molecule has 0 radical (unpaired) electrons. The molecule has 0 N–H and O–H groups in total. The van der Waals surface area contributed by atoms with Crippen molar-refractivity contribution in [1.82, 2.24) is 9.55 Å². The third-order valence-electron chi connectivity index (χ3n) is 5.05. The SMILES string of the molecule is N#Cc1cccnc1N1CCC(Oc2cccc3c2ccn3CC(F)F)CC1. The van der Waals surface area contributed by atoms with Crippen molar-refractivity contribution in [1.29, 1.82) is 5.26 Å². The number of halogens is 2. The average molecular weight is 382 g/mol. The fourth-order valence-corrected chi connectivity index (χ4v) is 3.71. The second-order valence-corrected chi connectivity index (χ2v) is 6.84. The molecule has 3 heterocycles. The number of benzene rings is 1. The fraction of sp³-hybridized carbons (Fsp3) is 0.333. The molecule has 7 heteroatoms. The number of rotatable bonds is 5. The van der Waals surface area contributed by atoms with E-state index in [2.05, 4.69) is 16.0 Å². The molecule has 1 aliphatic heterocycles. The number of ether oxygens (including phenoxy) is 1. The molecule has 1 fully saturated rings. The number of nitrogens with zero attached hydrogens (tertiary/aromatic N) is 4. The predicted octanol–water partition coefficient (Wildman–Crippen LogP) is 4.22. The van der Waals surface area contributed by atoms with Crippen molar-refractivity contribution in [3.05, 3.63) is 54.4 Å². The zero-order valence-corrected chi connectivity index (χ0v) is 15.3. The molecule has 0 unspecified atom stereocenters. The second kappa shape index (κ2) is 7.85. The van der Waals surface area contributed by atoms with Crippen LogP contribution >= 0.6 is 0 Å². The largest absolute Gasteiger partial charge is 0.490 e. The first-order valence-electron chi connectivity index (χ1n) is 9.28. The Balaban J connectivity index is 1.45. The van der Waals surface area contributed by atoms with E-state index in [1.807, 2.05) is 24.3 Å². The molecule has 0 bridgehead atoms. The number of aromatic nitrogens is 2. The van der Waals surface area contributed by atoms with Gasteiger partial charge in [-0.1, -0.05) is 6.07 Å². The van der Waals surface area contributed by atoms with E-state index in [9.17, 15) is 14.0 Å². The van der Waals surface area contributed by atoms with E-state index in [0.717, 1.165) is 48.4 Å². The van der Waals surface area contributed by atoms with Gasteiger partial charge in [-0.2, -0.15) is 5.26 Å². The van der Waals surface area contributed by atoms with Gasteiger partial charge in [0, 0.05) is 43.7 Å². The zero-order valence-electron chi connectivity index (χ0n) is 15.3. The highest BCUT2D eigenvalue weighted by Gasteiger charge is 2.23. The molecule has 0 saturated carbocycles. The van der Waals surface area contributed by atoms with Gasteiger partial charge < -0.3 is 14.2 Å². The van der Waals surface area contributed by atoms with Gasteiger partial charge >= 0.3 is 0 Å². The van der Waals surface area contributed by atoms with Gasteiger partial charge in [0.25, 0.3) is 6.43 Å². The molecular formula is C21H20F2N4O. The number of fused-ring (bicyclic) bond motifs is 1. The molecule has 0 amide bonds. The zero-order chi connectivity index (χ0) is 19.5. The minimum atomic E-state index is -2.39. The van der Waals surface area contributed by atoms with Crippen LogP contribution in [0.4, 0.5) is 14.6 Å². The molecule has 1 saturated heterocycles. The van der Waals surface area contributed by atoms with Gasteiger partial charge in [-0.15, -0.1) is 0 Å². The molecule has 5 nitrogen and oxygen atoms in total. The third kappa shape index (κ3) is 3.63. The molecule has 4 rings (SSSR count). The number of alkyl halides is 2. The molecule has 0 aliphatic carbocycles. The minimum Gasteiger partial charge on any atom is -0.490 e. The Morgan fingerprint density at radius 2 is 2.00 bits per heavy atom. The Morgan fingerprint density at radius 1 is 1.18 bits per heavy atom. The van der Waals surface area contributed by atoms with Crippen molar-refractivity contribution in [2.45, 2.75) is 31.9 Å². The summed E-state index contributed by atoms with van der Waals surface area (Å²) in [5, 5.41) is 10.1. The van der Waals surface area contributed by atoms with Crippen molar-refractivity contribution in [2.75, 3.05) is 18.0 Å². The average Bonchev–Trinajstić information content (AvgIpc) is 3.12. The summed E-state index contributed by atoms with van der Waals surface area (Å²) in [6, 6.07) is 13.1. The minimum absolute atomic E-state index is 0.0366. The van der Waals surface area contributed by atoms with Crippen LogP contribution in [-0.2, 0) is 6.54 Å². The van der Waals surface area contributed by atoms with Gasteiger partial charge in [-0.25, -0.2) is 13.8 Å². The molecule has 0 spiro atoms. The highest BCUT2D eigenvalue weighted by Crippen LogP contribution is 2.30. The fourth-order valence-electron chi connectivity index (χ4n) is 3.71. The van der Waals surface area contributed by atoms with Crippen molar-refractivity contribution in [2.24, 2.45) is 0 Å². The summed E-state index contributed by atoms with van der Waals surface area (Å²) in [4.78, 5) is 6.46. The first-order chi connectivity index (χ1) is 13.7. The van der Waals surface area contributed by atoms with E-state index in [1.165, 1.54) is 0 Å². The van der Waals surface area contributed by atoms with Crippen LogP contribution in [0.1, 0.15) is 18.4 Å². The number of pyridine rings is 1. The molecule has 28 heavy (non-hydrogen) atoms. The van der Waals surface area contributed by atoms with E-state index in [-0.39, 0.29) is 12.6 Å². The van der Waals surface area contributed by atoms with Crippen LogP contribution in [0.15, 0.2) is 48.8 Å². The highest BCUT2D eigenvalue weighted by molar-refractivity contribution is 5.86. The predicted molar refractivity (Wildman–Crippen MR) is 103 cm³/mol. The van der Waals surface area contributed by atoms with E-state index in [0.29, 0.717) is 5.56 Å². The number of piperidine rings is 1. The van der Waals surface area contributed by atoms with Crippen LogP contribution in [0.2, 0.25) is 0 Å². The monoisotopic (exact) mass is 382 g/mol. The summed E-state index contributed by atoms with van der Waals surface area (Å²) in [6.45, 7) is 1.17. The summed E-state index contributed by atoms with van der Waals surface area (Å²) in [7, 11) is 0. The van der Waals surface area contributed by atoms with Gasteiger partial charge in [0.05, 0.1) is 17.6 Å². The first-order valence-corrected chi connectivity index (χ1v) is 9.28. The molecule has 0 atom stereocenters. The topological polar surface area (TPSA) is 54.1 Å². The highest BCUT2D eigenvalue weighted by atomic mass is 19.3. The van der Waals surface area contributed by atoms with Crippen LogP contribution in [0.3, 0.4) is 0 Å². The van der Waals surface area contributed by atoms with E-state index in [4.69, 9.17) is 4.74 Å². The standard InChI is InChI=1S/C21H20F2N4O/c22-20(23)14-27-12-8-17-18(27)4-1-5-19(17)28-16-6-10-26(11-7-16)21-15(13-24)3-2-9-25-21/h1-5,8-9,12,16,20H,6-7,10-11,14H2. The maximum atomic E-state index is 12.7. The molecule has 1 aromatic carbocycles. The van der Waals surface area contributed by atoms with Crippen LogP contribution in [0.25, 0.3) is 10.9 Å². The van der Waals surface area contributed by atoms with Crippen LogP contribution in [0, 0.1) is 11.3 Å². The number of hydrogen-bond acceptors (Lipinski definition) is 4. The summed E-state index contributed by atoms with van der Waals surface area (Å²) < 4.78 is 33.3. The summed E-state index contributed by atoms with van der Waals surface area (Å²) >= 11 is 0. The smallest absolute Gasteiger partial charge is 0.256 e. The van der Waals surface area contributed by atoms with Gasteiger partial charge in [-0.3, -0.25) is 0 Å². The lowest BCUT2D eigenvalue weighted by Gasteiger charge is -2.33. The summed E-state index contributed by atoms with van der Waals surface area (Å²) in [5.41, 5.74) is 1.33. The molecule has 1 aliphatic rings. The van der Waals surface area contributed by atoms with Crippen molar-refractivity contribution >= 4 is 16.7 Å². The lowest BCUT2D eigenvalue weighted by Crippen LogP contribution is -2.39. The Labute approximate surface area is 161 Å². The van der Waals surface area contributed by atoms with Crippen LogP contribution in [0.5, 0.6) is 5.75 Å². The van der Waals surface area contributed by atoms with Gasteiger partial charge in [0.15, 0.2) is 0 Å². The van der Waals surface area contributed by atoms with Crippen LogP contribution in [-0.4, -0.2) is 35.2 Å². The van der Waals surface area contributed by atoms with Crippen molar-refractivity contribution < 1.29 is 13.5 Å². The van der Waals surface area contributed by atoms with Crippen molar-refractivity contribution in [3.8, 4) is 11.8 Å². The Hall–Kier alpha value is -3.14. The van der Waals surface area contributed by atoms with E-state index >= 15 is 0 Å². The van der Waals surface area contributed by atoms with Gasteiger partial charge in [0.1, 0.15) is 23.7 Å². The second-order valence-electron chi connectivity index (χ2n) is 6.84. The van der Waals surface area contributed by atoms with Crippen LogP contribution < -0.4 is 9.64 Å². The number of hydrogen-bond donors (Lipinski definition) is 0. The Bertz CT molecular complexity index is 1000. The van der Waals surface area contributed by atoms with E-state index in [1.54, 1.807) is 29.1 Å². The third-order valence-corrected chi connectivity index (χ3v) is 5.05. The number of anilines is 1. The normalized spacial score (nSPS) is 15.1. The first kappa shape index (κ1) is 18.2. The molecule has 3 aromatic rings.